The Hall–Kier alpha value is 0.0300. The highest BCUT2D eigenvalue weighted by atomic mass is 32.2. The quantitative estimate of drug-likeness (QED) is 0.754. The topological polar surface area (TPSA) is 38.8 Å². The van der Waals surface area contributed by atoms with Crippen molar-refractivity contribution in [3.63, 3.8) is 0 Å². The molecule has 0 radical (unpaired) electrons. The van der Waals surface area contributed by atoms with Crippen molar-refractivity contribution >= 4 is 11.0 Å². The summed E-state index contributed by atoms with van der Waals surface area (Å²) in [6, 6.07) is 0.416. The SMILES string of the molecule is CCS(=O)N(C)C1CCC2(CC1)OCCO2. The standard InChI is InChI=1S/C11H21NO3S/c1-3-16(13)12(2)10-4-6-11(7-5-10)14-8-9-15-11/h10H,3-9H2,1-2H3. The van der Waals surface area contributed by atoms with Crippen molar-refractivity contribution in [3.8, 4) is 0 Å². The first-order chi connectivity index (χ1) is 7.67. The number of ether oxygens (including phenoxy) is 2. The molecule has 1 saturated heterocycles. The molecule has 0 N–H and O–H groups in total. The molecular weight excluding hydrogens is 226 g/mol. The van der Waals surface area contributed by atoms with Crippen molar-refractivity contribution < 1.29 is 13.7 Å². The van der Waals surface area contributed by atoms with Crippen molar-refractivity contribution in [2.45, 2.75) is 44.4 Å². The van der Waals surface area contributed by atoms with Crippen molar-refractivity contribution in [1.82, 2.24) is 4.31 Å². The summed E-state index contributed by atoms with van der Waals surface area (Å²) in [7, 11) is 1.13. The summed E-state index contributed by atoms with van der Waals surface area (Å²) in [4.78, 5) is 0. The van der Waals surface area contributed by atoms with Crippen molar-refractivity contribution in [2.75, 3.05) is 26.0 Å². The summed E-state index contributed by atoms with van der Waals surface area (Å²) in [5.74, 6) is 0.399. The van der Waals surface area contributed by atoms with E-state index in [9.17, 15) is 4.21 Å². The van der Waals surface area contributed by atoms with Crippen LogP contribution in [0.1, 0.15) is 32.6 Å². The molecule has 2 aliphatic rings. The van der Waals surface area contributed by atoms with Crippen molar-refractivity contribution in [3.05, 3.63) is 0 Å². The molecule has 1 aliphatic carbocycles. The lowest BCUT2D eigenvalue weighted by Gasteiger charge is -2.38. The van der Waals surface area contributed by atoms with Gasteiger partial charge in [-0.05, 0) is 12.8 Å². The van der Waals surface area contributed by atoms with Gasteiger partial charge in [0.1, 0.15) is 0 Å². The molecule has 1 unspecified atom stereocenters. The minimum Gasteiger partial charge on any atom is -0.348 e. The van der Waals surface area contributed by atoms with E-state index in [-0.39, 0.29) is 5.79 Å². The highest BCUT2D eigenvalue weighted by Gasteiger charge is 2.41. The average Bonchev–Trinajstić information content (AvgIpc) is 2.77. The second-order valence-electron chi connectivity index (χ2n) is 4.50. The van der Waals surface area contributed by atoms with E-state index in [0.717, 1.165) is 38.9 Å². The van der Waals surface area contributed by atoms with E-state index in [2.05, 4.69) is 0 Å². The summed E-state index contributed by atoms with van der Waals surface area (Å²) in [6.07, 6.45) is 3.90. The Balaban J connectivity index is 1.87. The van der Waals surface area contributed by atoms with E-state index in [1.54, 1.807) is 0 Å². The fourth-order valence-corrected chi connectivity index (χ4v) is 3.51. The Morgan fingerprint density at radius 3 is 2.38 bits per heavy atom. The van der Waals surface area contributed by atoms with Gasteiger partial charge in [0, 0.05) is 31.7 Å². The minimum atomic E-state index is -0.831. The van der Waals surface area contributed by atoms with Crippen LogP contribution >= 0.6 is 0 Å². The molecule has 1 atom stereocenters. The zero-order valence-electron chi connectivity index (χ0n) is 10.1. The predicted octanol–water partition coefficient (Wildman–Crippen LogP) is 1.29. The lowest BCUT2D eigenvalue weighted by Crippen LogP contribution is -2.43. The first kappa shape index (κ1) is 12.5. The summed E-state index contributed by atoms with van der Waals surface area (Å²) in [5, 5.41) is 0. The van der Waals surface area contributed by atoms with Crippen LogP contribution in [0.5, 0.6) is 0 Å². The van der Waals surface area contributed by atoms with Crippen molar-refractivity contribution in [2.24, 2.45) is 0 Å². The number of hydrogen-bond acceptors (Lipinski definition) is 3. The lowest BCUT2D eigenvalue weighted by molar-refractivity contribution is -0.181. The second kappa shape index (κ2) is 5.12. The Kier molecular flexibility index (Phi) is 4.00. The third kappa shape index (κ3) is 2.47. The fourth-order valence-electron chi connectivity index (χ4n) is 2.56. The Bertz CT molecular complexity index is 256. The van der Waals surface area contributed by atoms with Gasteiger partial charge in [0.2, 0.25) is 0 Å². The highest BCUT2D eigenvalue weighted by Crippen LogP contribution is 2.37. The number of nitrogens with zero attached hydrogens (tertiary/aromatic N) is 1. The molecule has 4 nitrogen and oxygen atoms in total. The molecule has 0 bridgehead atoms. The average molecular weight is 247 g/mol. The summed E-state index contributed by atoms with van der Waals surface area (Å²) in [6.45, 7) is 3.41. The monoisotopic (exact) mass is 247 g/mol. The minimum absolute atomic E-state index is 0.301. The fraction of sp³-hybridized carbons (Fsp3) is 1.00. The molecule has 0 aromatic heterocycles. The maximum absolute atomic E-state index is 11.7. The zero-order valence-corrected chi connectivity index (χ0v) is 10.9. The molecule has 0 aromatic rings. The normalized spacial score (nSPS) is 27.7. The predicted molar refractivity (Wildman–Crippen MR) is 63.3 cm³/mol. The molecule has 1 spiro atoms. The van der Waals surface area contributed by atoms with Crippen LogP contribution in [-0.2, 0) is 20.5 Å². The largest absolute Gasteiger partial charge is 0.348 e. The summed E-state index contributed by atoms with van der Waals surface area (Å²) >= 11 is 0. The molecule has 0 amide bonds. The van der Waals surface area contributed by atoms with Crippen LogP contribution in [0.15, 0.2) is 0 Å². The Morgan fingerprint density at radius 1 is 1.31 bits per heavy atom. The maximum atomic E-state index is 11.7. The van der Waals surface area contributed by atoms with Gasteiger partial charge < -0.3 is 9.47 Å². The van der Waals surface area contributed by atoms with Gasteiger partial charge in [-0.1, -0.05) is 6.92 Å². The van der Waals surface area contributed by atoms with Crippen LogP contribution in [0.25, 0.3) is 0 Å². The summed E-state index contributed by atoms with van der Waals surface area (Å²) in [5.41, 5.74) is 0. The van der Waals surface area contributed by atoms with E-state index >= 15 is 0 Å². The molecule has 1 heterocycles. The van der Waals surface area contributed by atoms with E-state index in [1.807, 2.05) is 18.3 Å². The van der Waals surface area contributed by atoms with Gasteiger partial charge in [-0.15, -0.1) is 0 Å². The maximum Gasteiger partial charge on any atom is 0.168 e. The first-order valence-corrected chi connectivity index (χ1v) is 7.34. The van der Waals surface area contributed by atoms with Crippen LogP contribution in [0.3, 0.4) is 0 Å². The van der Waals surface area contributed by atoms with E-state index in [0.29, 0.717) is 11.8 Å². The van der Waals surface area contributed by atoms with Gasteiger partial charge in [0.15, 0.2) is 5.79 Å². The lowest BCUT2D eigenvalue weighted by atomic mass is 9.90. The highest BCUT2D eigenvalue weighted by molar-refractivity contribution is 7.82. The third-order valence-electron chi connectivity index (χ3n) is 3.61. The van der Waals surface area contributed by atoms with Gasteiger partial charge in [-0.25, -0.2) is 8.51 Å². The Labute approximate surface area is 99.9 Å². The van der Waals surface area contributed by atoms with Crippen LogP contribution < -0.4 is 0 Å². The molecule has 0 aromatic carbocycles. The first-order valence-electron chi connectivity index (χ1n) is 6.06. The van der Waals surface area contributed by atoms with Crippen LogP contribution in [0.2, 0.25) is 0 Å². The molecule has 16 heavy (non-hydrogen) atoms. The summed E-state index contributed by atoms with van der Waals surface area (Å²) < 4.78 is 25.1. The smallest absolute Gasteiger partial charge is 0.168 e. The zero-order chi connectivity index (χ0) is 11.6. The van der Waals surface area contributed by atoms with E-state index in [1.165, 1.54) is 0 Å². The van der Waals surface area contributed by atoms with Gasteiger partial charge in [-0.3, -0.25) is 0 Å². The van der Waals surface area contributed by atoms with Gasteiger partial charge in [0.05, 0.1) is 24.2 Å². The molecular formula is C11H21NO3S. The molecule has 94 valence electrons. The number of rotatable bonds is 3. The molecule has 1 aliphatic heterocycles. The van der Waals surface area contributed by atoms with Gasteiger partial charge in [-0.2, -0.15) is 0 Å². The molecule has 2 rings (SSSR count). The molecule has 2 fully saturated rings. The van der Waals surface area contributed by atoms with Gasteiger partial charge >= 0.3 is 0 Å². The molecule has 1 saturated carbocycles. The molecule has 5 heteroatoms. The van der Waals surface area contributed by atoms with Crippen LogP contribution in [0, 0.1) is 0 Å². The van der Waals surface area contributed by atoms with Crippen LogP contribution in [0.4, 0.5) is 0 Å². The Morgan fingerprint density at radius 2 is 1.88 bits per heavy atom. The van der Waals surface area contributed by atoms with Gasteiger partial charge in [0.25, 0.3) is 0 Å². The van der Waals surface area contributed by atoms with E-state index in [4.69, 9.17) is 9.47 Å². The second-order valence-corrected chi connectivity index (χ2v) is 6.29. The van der Waals surface area contributed by atoms with E-state index < -0.39 is 11.0 Å². The number of hydrogen-bond donors (Lipinski definition) is 0. The third-order valence-corrected chi connectivity index (χ3v) is 5.05. The van der Waals surface area contributed by atoms with Crippen LogP contribution in [-0.4, -0.2) is 46.4 Å². The van der Waals surface area contributed by atoms with Crippen molar-refractivity contribution in [1.29, 1.82) is 0 Å².